The summed E-state index contributed by atoms with van der Waals surface area (Å²) in [5, 5.41) is 0. The normalized spacial score (nSPS) is 12.9. The van der Waals surface area contributed by atoms with Crippen LogP contribution in [0.15, 0.2) is 0 Å². The van der Waals surface area contributed by atoms with Crippen LogP contribution in [0.4, 0.5) is 0 Å². The molecule has 5 nitrogen and oxygen atoms in total. The van der Waals surface area contributed by atoms with Crippen LogP contribution in [0.1, 0.15) is 27.7 Å². The van der Waals surface area contributed by atoms with E-state index in [-0.39, 0.29) is 18.6 Å². The number of carbonyl (C=O) groups excluding carboxylic acids is 2. The molecule has 15 heavy (non-hydrogen) atoms. The lowest BCUT2D eigenvalue weighted by Crippen LogP contribution is -2.48. The fourth-order valence-corrected chi connectivity index (χ4v) is 1.29. The second kappa shape index (κ2) is 6.40. The lowest BCUT2D eigenvalue weighted by Gasteiger charge is -2.29. The van der Waals surface area contributed by atoms with E-state index in [0.29, 0.717) is 6.61 Å². The minimum absolute atomic E-state index is 0.0666. The second-order valence-electron chi connectivity index (χ2n) is 3.65. The number of nitrogens with two attached hydrogens (primary N) is 1. The zero-order valence-electron chi connectivity index (χ0n) is 9.82. The standard InChI is InChI=1S/C10H20N2O3/c1-5-15-9(13)6-12(7(2)3)8(4)10(11)14/h7-8H,5-6H2,1-4H3,(H2,11,14). The van der Waals surface area contributed by atoms with E-state index >= 15 is 0 Å². The predicted molar refractivity (Wildman–Crippen MR) is 57.1 cm³/mol. The number of hydrogen-bond acceptors (Lipinski definition) is 4. The number of carbonyl (C=O) groups is 2. The maximum Gasteiger partial charge on any atom is 0.320 e. The first kappa shape index (κ1) is 13.9. The maximum absolute atomic E-state index is 11.3. The van der Waals surface area contributed by atoms with E-state index in [1.165, 1.54) is 0 Å². The van der Waals surface area contributed by atoms with Gasteiger partial charge in [0.05, 0.1) is 19.2 Å². The zero-order chi connectivity index (χ0) is 12.0. The molecule has 0 heterocycles. The average Bonchev–Trinajstić information content (AvgIpc) is 2.13. The summed E-state index contributed by atoms with van der Waals surface area (Å²) in [7, 11) is 0. The molecule has 0 saturated carbocycles. The van der Waals surface area contributed by atoms with Gasteiger partial charge in [-0.1, -0.05) is 0 Å². The van der Waals surface area contributed by atoms with Crippen molar-refractivity contribution in [3.05, 3.63) is 0 Å². The molecule has 0 radical (unpaired) electrons. The third-order valence-electron chi connectivity index (χ3n) is 2.19. The Labute approximate surface area is 90.6 Å². The quantitative estimate of drug-likeness (QED) is 0.641. The van der Waals surface area contributed by atoms with Crippen LogP contribution in [-0.4, -0.2) is 42.0 Å². The van der Waals surface area contributed by atoms with Crippen LogP contribution in [-0.2, 0) is 14.3 Å². The molecule has 0 saturated heterocycles. The van der Waals surface area contributed by atoms with E-state index in [9.17, 15) is 9.59 Å². The summed E-state index contributed by atoms with van der Waals surface area (Å²) in [4.78, 5) is 24.0. The van der Waals surface area contributed by atoms with Gasteiger partial charge in [-0.3, -0.25) is 14.5 Å². The Balaban J connectivity index is 4.41. The minimum atomic E-state index is -0.464. The molecule has 0 fully saturated rings. The number of rotatable bonds is 6. The molecule has 1 amide bonds. The largest absolute Gasteiger partial charge is 0.465 e. The summed E-state index contributed by atoms with van der Waals surface area (Å²) >= 11 is 0. The molecule has 0 aliphatic rings. The Bertz CT molecular complexity index is 229. The maximum atomic E-state index is 11.3. The number of ether oxygens (including phenoxy) is 1. The van der Waals surface area contributed by atoms with Crippen molar-refractivity contribution in [2.24, 2.45) is 5.73 Å². The van der Waals surface area contributed by atoms with Gasteiger partial charge >= 0.3 is 5.97 Å². The average molecular weight is 216 g/mol. The number of esters is 1. The Morgan fingerprint density at radius 3 is 2.20 bits per heavy atom. The van der Waals surface area contributed by atoms with Crippen molar-refractivity contribution < 1.29 is 14.3 Å². The van der Waals surface area contributed by atoms with E-state index in [2.05, 4.69) is 0 Å². The first-order valence-electron chi connectivity index (χ1n) is 5.10. The summed E-state index contributed by atoms with van der Waals surface area (Å²) in [5.41, 5.74) is 5.19. The van der Waals surface area contributed by atoms with E-state index in [4.69, 9.17) is 10.5 Å². The van der Waals surface area contributed by atoms with Crippen LogP contribution < -0.4 is 5.73 Å². The molecule has 0 aliphatic heterocycles. The Kier molecular flexibility index (Phi) is 5.93. The van der Waals surface area contributed by atoms with Crippen LogP contribution in [0.25, 0.3) is 0 Å². The topological polar surface area (TPSA) is 72.6 Å². The van der Waals surface area contributed by atoms with Crippen molar-refractivity contribution in [3.8, 4) is 0 Å². The number of primary amides is 1. The number of hydrogen-bond donors (Lipinski definition) is 1. The van der Waals surface area contributed by atoms with Crippen LogP contribution >= 0.6 is 0 Å². The van der Waals surface area contributed by atoms with E-state index < -0.39 is 11.9 Å². The lowest BCUT2D eigenvalue weighted by molar-refractivity contribution is -0.146. The van der Waals surface area contributed by atoms with Crippen molar-refractivity contribution in [2.45, 2.75) is 39.8 Å². The van der Waals surface area contributed by atoms with Crippen molar-refractivity contribution in [1.29, 1.82) is 0 Å². The van der Waals surface area contributed by atoms with Gasteiger partial charge in [-0.25, -0.2) is 0 Å². The summed E-state index contributed by atoms with van der Waals surface area (Å²) in [5.74, 6) is -0.771. The van der Waals surface area contributed by atoms with Gasteiger partial charge in [-0.05, 0) is 27.7 Å². The molecular formula is C10H20N2O3. The molecule has 0 rings (SSSR count). The fourth-order valence-electron chi connectivity index (χ4n) is 1.29. The molecule has 1 unspecified atom stereocenters. The Morgan fingerprint density at radius 1 is 1.33 bits per heavy atom. The SMILES string of the molecule is CCOC(=O)CN(C(C)C)C(C)C(N)=O. The summed E-state index contributed by atoms with van der Waals surface area (Å²) in [6, 6.07) is -0.397. The van der Waals surface area contributed by atoms with Gasteiger partial charge in [0.1, 0.15) is 0 Å². The molecule has 0 aromatic heterocycles. The monoisotopic (exact) mass is 216 g/mol. The number of amides is 1. The molecule has 0 spiro atoms. The smallest absolute Gasteiger partial charge is 0.320 e. The second-order valence-corrected chi connectivity index (χ2v) is 3.65. The van der Waals surface area contributed by atoms with Crippen molar-refractivity contribution in [3.63, 3.8) is 0 Å². The molecule has 0 aromatic rings. The van der Waals surface area contributed by atoms with Crippen molar-refractivity contribution >= 4 is 11.9 Å². The molecule has 2 N–H and O–H groups in total. The lowest BCUT2D eigenvalue weighted by atomic mass is 10.2. The van der Waals surface area contributed by atoms with Crippen molar-refractivity contribution in [1.82, 2.24) is 4.90 Å². The first-order valence-corrected chi connectivity index (χ1v) is 5.10. The van der Waals surface area contributed by atoms with Gasteiger partial charge in [0.2, 0.25) is 5.91 Å². The van der Waals surface area contributed by atoms with Crippen LogP contribution in [0, 0.1) is 0 Å². The molecule has 0 bridgehead atoms. The molecule has 1 atom stereocenters. The Hall–Kier alpha value is -1.10. The van der Waals surface area contributed by atoms with Gasteiger partial charge in [0.15, 0.2) is 0 Å². The third-order valence-corrected chi connectivity index (χ3v) is 2.19. The van der Waals surface area contributed by atoms with E-state index in [0.717, 1.165) is 0 Å². The highest BCUT2D eigenvalue weighted by molar-refractivity contribution is 5.80. The molecular weight excluding hydrogens is 196 g/mol. The van der Waals surface area contributed by atoms with Gasteiger partial charge in [-0.15, -0.1) is 0 Å². The predicted octanol–water partition coefficient (Wildman–Crippen LogP) is 0.134. The molecule has 0 aliphatic carbocycles. The zero-order valence-corrected chi connectivity index (χ0v) is 9.82. The highest BCUT2D eigenvalue weighted by atomic mass is 16.5. The van der Waals surface area contributed by atoms with Gasteiger partial charge in [0, 0.05) is 6.04 Å². The minimum Gasteiger partial charge on any atom is -0.465 e. The van der Waals surface area contributed by atoms with E-state index in [1.807, 2.05) is 13.8 Å². The van der Waals surface area contributed by atoms with Gasteiger partial charge < -0.3 is 10.5 Å². The highest BCUT2D eigenvalue weighted by Crippen LogP contribution is 2.05. The molecule has 5 heteroatoms. The van der Waals surface area contributed by atoms with Crippen molar-refractivity contribution in [2.75, 3.05) is 13.2 Å². The molecule has 0 aromatic carbocycles. The van der Waals surface area contributed by atoms with Gasteiger partial charge in [0.25, 0.3) is 0 Å². The fraction of sp³-hybridized carbons (Fsp3) is 0.800. The molecule has 88 valence electrons. The van der Waals surface area contributed by atoms with Crippen LogP contribution in [0.5, 0.6) is 0 Å². The van der Waals surface area contributed by atoms with Gasteiger partial charge in [-0.2, -0.15) is 0 Å². The summed E-state index contributed by atoms with van der Waals surface area (Å²) < 4.78 is 4.82. The number of nitrogens with zero attached hydrogens (tertiary/aromatic N) is 1. The van der Waals surface area contributed by atoms with E-state index in [1.54, 1.807) is 18.7 Å². The Morgan fingerprint density at radius 2 is 1.87 bits per heavy atom. The van der Waals surface area contributed by atoms with Crippen LogP contribution in [0.3, 0.4) is 0 Å². The third kappa shape index (κ3) is 4.78. The summed E-state index contributed by atoms with van der Waals surface area (Å²) in [6.07, 6.45) is 0. The highest BCUT2D eigenvalue weighted by Gasteiger charge is 2.24. The van der Waals surface area contributed by atoms with Crippen LogP contribution in [0.2, 0.25) is 0 Å². The first-order chi connectivity index (χ1) is 6.90. The summed E-state index contributed by atoms with van der Waals surface area (Å²) in [6.45, 7) is 7.67.